The Hall–Kier alpha value is -1.23. The Morgan fingerprint density at radius 1 is 1.69 bits per heavy atom. The SMILES string of the molecule is Cl.Nc1cnn(C2CCOC2=O)c1. The van der Waals surface area contributed by atoms with Gasteiger partial charge in [0.05, 0.1) is 18.5 Å². The number of hydrogen-bond acceptors (Lipinski definition) is 4. The molecule has 1 aliphatic heterocycles. The number of aromatic nitrogens is 2. The number of nitrogens with zero attached hydrogens (tertiary/aromatic N) is 2. The van der Waals surface area contributed by atoms with Crippen molar-refractivity contribution in [3.05, 3.63) is 12.4 Å². The Morgan fingerprint density at radius 3 is 2.92 bits per heavy atom. The number of halogens is 1. The molecular formula is C7H10ClN3O2. The first-order chi connectivity index (χ1) is 5.77. The minimum Gasteiger partial charge on any atom is -0.464 e. The molecule has 1 aromatic rings. The number of anilines is 1. The summed E-state index contributed by atoms with van der Waals surface area (Å²) in [6, 6.07) is -0.276. The third kappa shape index (κ3) is 1.75. The highest BCUT2D eigenvalue weighted by Crippen LogP contribution is 2.19. The molecule has 2 N–H and O–H groups in total. The monoisotopic (exact) mass is 203 g/mol. The molecule has 0 aliphatic carbocycles. The molecule has 0 aromatic carbocycles. The van der Waals surface area contributed by atoms with Crippen molar-refractivity contribution in [2.75, 3.05) is 12.3 Å². The zero-order valence-electron chi connectivity index (χ0n) is 6.84. The largest absolute Gasteiger partial charge is 0.464 e. The fourth-order valence-electron chi connectivity index (χ4n) is 1.25. The number of ether oxygens (including phenoxy) is 1. The van der Waals surface area contributed by atoms with Crippen molar-refractivity contribution in [2.45, 2.75) is 12.5 Å². The lowest BCUT2D eigenvalue weighted by molar-refractivity contribution is -0.140. The average molecular weight is 204 g/mol. The van der Waals surface area contributed by atoms with Crippen LogP contribution < -0.4 is 5.73 Å². The van der Waals surface area contributed by atoms with Crippen LogP contribution in [0.25, 0.3) is 0 Å². The first-order valence-electron chi connectivity index (χ1n) is 3.73. The van der Waals surface area contributed by atoms with Crippen LogP contribution in [0.3, 0.4) is 0 Å². The maximum Gasteiger partial charge on any atom is 0.331 e. The Kier molecular flexibility index (Phi) is 2.77. The topological polar surface area (TPSA) is 70.1 Å². The summed E-state index contributed by atoms with van der Waals surface area (Å²) in [5.41, 5.74) is 6.02. The minimum absolute atomic E-state index is 0. The number of carbonyl (C=O) groups excluding carboxylic acids is 1. The smallest absolute Gasteiger partial charge is 0.331 e. The average Bonchev–Trinajstić information content (AvgIpc) is 2.58. The maximum absolute atomic E-state index is 11.1. The number of esters is 1. The third-order valence-electron chi connectivity index (χ3n) is 1.85. The molecule has 2 rings (SSSR count). The highest BCUT2D eigenvalue weighted by molar-refractivity contribution is 5.85. The molecule has 72 valence electrons. The molecule has 1 unspecified atom stereocenters. The minimum atomic E-state index is -0.276. The van der Waals surface area contributed by atoms with E-state index in [1.54, 1.807) is 10.9 Å². The molecular weight excluding hydrogens is 194 g/mol. The van der Waals surface area contributed by atoms with Gasteiger partial charge in [-0.15, -0.1) is 12.4 Å². The molecule has 1 aliphatic rings. The third-order valence-corrected chi connectivity index (χ3v) is 1.85. The molecule has 13 heavy (non-hydrogen) atoms. The van der Waals surface area contributed by atoms with Crippen LogP contribution in [0, 0.1) is 0 Å². The quantitative estimate of drug-likeness (QED) is 0.670. The molecule has 1 saturated heterocycles. The summed E-state index contributed by atoms with van der Waals surface area (Å²) < 4.78 is 6.33. The van der Waals surface area contributed by atoms with Crippen molar-refractivity contribution < 1.29 is 9.53 Å². The van der Waals surface area contributed by atoms with Gasteiger partial charge in [0.2, 0.25) is 0 Å². The van der Waals surface area contributed by atoms with Crippen molar-refractivity contribution >= 4 is 24.1 Å². The first-order valence-corrected chi connectivity index (χ1v) is 3.73. The normalized spacial score (nSPS) is 20.9. The van der Waals surface area contributed by atoms with E-state index in [4.69, 9.17) is 10.5 Å². The lowest BCUT2D eigenvalue weighted by Gasteiger charge is -2.03. The van der Waals surface area contributed by atoms with E-state index in [2.05, 4.69) is 5.10 Å². The van der Waals surface area contributed by atoms with Gasteiger partial charge in [0.15, 0.2) is 6.04 Å². The molecule has 1 aromatic heterocycles. The van der Waals surface area contributed by atoms with E-state index in [0.717, 1.165) is 0 Å². The van der Waals surface area contributed by atoms with Gasteiger partial charge >= 0.3 is 5.97 Å². The predicted molar refractivity (Wildman–Crippen MR) is 48.5 cm³/mol. The summed E-state index contributed by atoms with van der Waals surface area (Å²) >= 11 is 0. The maximum atomic E-state index is 11.1. The summed E-state index contributed by atoms with van der Waals surface area (Å²) in [5, 5.41) is 3.94. The second-order valence-corrected chi connectivity index (χ2v) is 2.73. The van der Waals surface area contributed by atoms with Gasteiger partial charge in [-0.1, -0.05) is 0 Å². The summed E-state index contributed by atoms with van der Waals surface area (Å²) in [6.45, 7) is 0.475. The van der Waals surface area contributed by atoms with Crippen LogP contribution in [0.5, 0.6) is 0 Å². The van der Waals surface area contributed by atoms with Gasteiger partial charge in [0.1, 0.15) is 0 Å². The zero-order chi connectivity index (χ0) is 8.55. The number of nitrogens with two attached hydrogens (primary N) is 1. The molecule has 0 bridgehead atoms. The van der Waals surface area contributed by atoms with E-state index in [1.807, 2.05) is 0 Å². The zero-order valence-corrected chi connectivity index (χ0v) is 7.66. The second kappa shape index (κ2) is 3.66. The van der Waals surface area contributed by atoms with E-state index in [9.17, 15) is 4.79 Å². The summed E-state index contributed by atoms with van der Waals surface area (Å²) in [7, 11) is 0. The van der Waals surface area contributed by atoms with Crippen molar-refractivity contribution in [1.82, 2.24) is 9.78 Å². The molecule has 1 atom stereocenters. The molecule has 0 saturated carbocycles. The number of nitrogen functional groups attached to an aromatic ring is 1. The van der Waals surface area contributed by atoms with Crippen molar-refractivity contribution in [2.24, 2.45) is 0 Å². The van der Waals surface area contributed by atoms with E-state index in [1.165, 1.54) is 6.20 Å². The fourth-order valence-corrected chi connectivity index (χ4v) is 1.25. The van der Waals surface area contributed by atoms with Crippen LogP contribution in [-0.4, -0.2) is 22.4 Å². The Bertz CT molecular complexity index is 312. The molecule has 5 nitrogen and oxygen atoms in total. The Labute approximate surface area is 81.3 Å². The summed E-state index contributed by atoms with van der Waals surface area (Å²) in [6.07, 6.45) is 3.84. The lowest BCUT2D eigenvalue weighted by Crippen LogP contribution is -2.14. The molecule has 6 heteroatoms. The van der Waals surface area contributed by atoms with Crippen LogP contribution in [0.15, 0.2) is 12.4 Å². The van der Waals surface area contributed by atoms with Gasteiger partial charge in [0, 0.05) is 12.6 Å². The van der Waals surface area contributed by atoms with Gasteiger partial charge in [-0.3, -0.25) is 4.68 Å². The highest BCUT2D eigenvalue weighted by atomic mass is 35.5. The Balaban J connectivity index is 0.000000845. The fraction of sp³-hybridized carbons (Fsp3) is 0.429. The van der Waals surface area contributed by atoms with Gasteiger partial charge in [-0.25, -0.2) is 4.79 Å². The highest BCUT2D eigenvalue weighted by Gasteiger charge is 2.28. The number of rotatable bonds is 1. The van der Waals surface area contributed by atoms with Gasteiger partial charge in [-0.2, -0.15) is 5.10 Å². The predicted octanol–water partition coefficient (Wildman–Crippen LogP) is 0.375. The van der Waals surface area contributed by atoms with Crippen molar-refractivity contribution in [3.8, 4) is 0 Å². The molecule has 0 spiro atoms. The molecule has 2 heterocycles. The number of cyclic esters (lactones) is 1. The van der Waals surface area contributed by atoms with Gasteiger partial charge in [-0.05, 0) is 0 Å². The van der Waals surface area contributed by atoms with E-state index in [0.29, 0.717) is 18.7 Å². The molecule has 1 fully saturated rings. The van der Waals surface area contributed by atoms with E-state index < -0.39 is 0 Å². The molecule has 0 amide bonds. The van der Waals surface area contributed by atoms with Crippen molar-refractivity contribution in [3.63, 3.8) is 0 Å². The number of carbonyl (C=O) groups is 1. The Morgan fingerprint density at radius 2 is 2.46 bits per heavy atom. The van der Waals surface area contributed by atoms with Gasteiger partial charge < -0.3 is 10.5 Å². The number of hydrogen-bond donors (Lipinski definition) is 1. The summed E-state index contributed by atoms with van der Waals surface area (Å²) in [4.78, 5) is 11.1. The van der Waals surface area contributed by atoms with Gasteiger partial charge in [0.25, 0.3) is 0 Å². The van der Waals surface area contributed by atoms with Crippen LogP contribution in [0.1, 0.15) is 12.5 Å². The van der Waals surface area contributed by atoms with E-state index in [-0.39, 0.29) is 24.4 Å². The van der Waals surface area contributed by atoms with Crippen LogP contribution >= 0.6 is 12.4 Å². The second-order valence-electron chi connectivity index (χ2n) is 2.73. The van der Waals surface area contributed by atoms with Crippen molar-refractivity contribution in [1.29, 1.82) is 0 Å². The van der Waals surface area contributed by atoms with Crippen LogP contribution in [-0.2, 0) is 9.53 Å². The lowest BCUT2D eigenvalue weighted by atomic mass is 10.2. The standard InChI is InChI=1S/C7H9N3O2.ClH/c8-5-3-9-10(4-5)6-1-2-12-7(6)11;/h3-4,6H,1-2,8H2;1H. The first kappa shape index (κ1) is 9.85. The summed E-state index contributed by atoms with van der Waals surface area (Å²) in [5.74, 6) is -0.224. The van der Waals surface area contributed by atoms with Crippen LogP contribution in [0.2, 0.25) is 0 Å². The van der Waals surface area contributed by atoms with E-state index >= 15 is 0 Å². The molecule has 0 radical (unpaired) electrons. The van der Waals surface area contributed by atoms with Crippen LogP contribution in [0.4, 0.5) is 5.69 Å².